The minimum Gasteiger partial charge on any atom is -0.460 e. The first-order chi connectivity index (χ1) is 13.0. The monoisotopic (exact) mass is 366 g/mol. The van der Waals surface area contributed by atoms with Crippen LogP contribution in [0.25, 0.3) is 11.1 Å². The second kappa shape index (κ2) is 7.53. The molecule has 0 N–H and O–H groups in total. The van der Waals surface area contributed by atoms with Gasteiger partial charge >= 0.3 is 11.9 Å². The van der Waals surface area contributed by atoms with Gasteiger partial charge in [0.15, 0.2) is 0 Å². The van der Waals surface area contributed by atoms with Gasteiger partial charge in [0.1, 0.15) is 0 Å². The number of rotatable bonds is 6. The molecule has 3 rings (SSSR count). The van der Waals surface area contributed by atoms with E-state index >= 15 is 0 Å². The van der Waals surface area contributed by atoms with Gasteiger partial charge in [0.2, 0.25) is 0 Å². The van der Waals surface area contributed by atoms with Gasteiger partial charge in [-0.1, -0.05) is 24.3 Å². The van der Waals surface area contributed by atoms with Crippen molar-refractivity contribution in [2.24, 2.45) is 0 Å². The Morgan fingerprint density at radius 2 is 1.15 bits per heavy atom. The Morgan fingerprint density at radius 3 is 1.52 bits per heavy atom. The van der Waals surface area contributed by atoms with Gasteiger partial charge in [-0.05, 0) is 54.7 Å². The molecule has 0 fully saturated rings. The smallest absolute Gasteiger partial charge is 0.379 e. The van der Waals surface area contributed by atoms with Gasteiger partial charge in [0, 0.05) is 11.1 Å². The van der Waals surface area contributed by atoms with E-state index in [2.05, 4.69) is 0 Å². The molecule has 0 unspecified atom stereocenters. The Labute approximate surface area is 156 Å². The summed E-state index contributed by atoms with van der Waals surface area (Å²) in [6.45, 7) is 3.55. The van der Waals surface area contributed by atoms with Gasteiger partial charge in [0.05, 0.1) is 13.2 Å². The van der Waals surface area contributed by atoms with Crippen molar-refractivity contribution in [3.63, 3.8) is 0 Å². The van der Waals surface area contributed by atoms with Crippen molar-refractivity contribution in [3.05, 3.63) is 58.7 Å². The van der Waals surface area contributed by atoms with Gasteiger partial charge in [-0.3, -0.25) is 9.59 Å². The van der Waals surface area contributed by atoms with Gasteiger partial charge in [0.25, 0.3) is 11.6 Å². The first kappa shape index (κ1) is 18.5. The molecule has 0 heterocycles. The van der Waals surface area contributed by atoms with Crippen molar-refractivity contribution < 1.29 is 28.7 Å². The summed E-state index contributed by atoms with van der Waals surface area (Å²) in [5, 5.41) is 0. The molecule has 0 bridgehead atoms. The number of ether oxygens (including phenoxy) is 2. The van der Waals surface area contributed by atoms with Gasteiger partial charge in [-0.15, -0.1) is 0 Å². The van der Waals surface area contributed by atoms with Crippen LogP contribution in [0.3, 0.4) is 0 Å². The zero-order chi connectivity index (χ0) is 19.6. The Bertz CT molecular complexity index is 880. The van der Waals surface area contributed by atoms with E-state index in [0.29, 0.717) is 6.42 Å². The van der Waals surface area contributed by atoms with E-state index in [1.165, 1.54) is 0 Å². The maximum Gasteiger partial charge on any atom is 0.379 e. The van der Waals surface area contributed by atoms with E-state index in [9.17, 15) is 19.2 Å². The molecule has 6 heteroatoms. The van der Waals surface area contributed by atoms with Crippen LogP contribution in [0.4, 0.5) is 0 Å². The number of hydrogen-bond donors (Lipinski definition) is 0. The van der Waals surface area contributed by atoms with Crippen LogP contribution in [-0.4, -0.2) is 36.7 Å². The Kier molecular flexibility index (Phi) is 5.16. The second-order valence-corrected chi connectivity index (χ2v) is 6.02. The number of carbonyl (C=O) groups excluding carboxylic acids is 4. The molecule has 0 amide bonds. The molecule has 2 aromatic rings. The van der Waals surface area contributed by atoms with E-state index in [-0.39, 0.29) is 24.3 Å². The highest BCUT2D eigenvalue weighted by Gasteiger charge is 2.25. The van der Waals surface area contributed by atoms with E-state index in [0.717, 1.165) is 22.3 Å². The maximum atomic E-state index is 12.1. The summed E-state index contributed by atoms with van der Waals surface area (Å²) in [5.41, 5.74) is 4.15. The molecule has 0 atom stereocenters. The minimum atomic E-state index is -0.879. The number of Topliss-reactive ketones (excluding diaryl/α,β-unsaturated/α-hetero) is 2. The van der Waals surface area contributed by atoms with Crippen LogP contribution < -0.4 is 0 Å². The number of ketones is 2. The van der Waals surface area contributed by atoms with E-state index in [1.807, 2.05) is 0 Å². The molecular formula is C21H18O6. The van der Waals surface area contributed by atoms with Crippen LogP contribution in [0.1, 0.15) is 45.7 Å². The molecule has 0 aliphatic heterocycles. The molecular weight excluding hydrogens is 348 g/mol. The predicted octanol–water partition coefficient (Wildman–Crippen LogP) is 2.75. The van der Waals surface area contributed by atoms with Crippen molar-refractivity contribution in [3.8, 4) is 11.1 Å². The Balaban J connectivity index is 1.87. The molecule has 0 aromatic heterocycles. The molecule has 0 saturated heterocycles. The van der Waals surface area contributed by atoms with Crippen molar-refractivity contribution in [2.75, 3.05) is 13.2 Å². The lowest BCUT2D eigenvalue weighted by Crippen LogP contribution is -2.17. The largest absolute Gasteiger partial charge is 0.460 e. The first-order valence-electron chi connectivity index (χ1n) is 8.65. The second-order valence-electron chi connectivity index (χ2n) is 6.02. The summed E-state index contributed by atoms with van der Waals surface area (Å²) in [6.07, 6.45) is 0.499. The van der Waals surface area contributed by atoms with Gasteiger partial charge in [-0.2, -0.15) is 0 Å². The third-order valence-electron chi connectivity index (χ3n) is 4.33. The molecule has 27 heavy (non-hydrogen) atoms. The fourth-order valence-corrected chi connectivity index (χ4v) is 3.12. The van der Waals surface area contributed by atoms with E-state index in [4.69, 9.17) is 9.47 Å². The predicted molar refractivity (Wildman–Crippen MR) is 96.6 cm³/mol. The van der Waals surface area contributed by atoms with Crippen LogP contribution in [0, 0.1) is 0 Å². The lowest BCUT2D eigenvalue weighted by molar-refractivity contribution is -0.138. The normalized spacial score (nSPS) is 11.3. The number of benzene rings is 2. The highest BCUT2D eigenvalue weighted by Crippen LogP contribution is 2.37. The van der Waals surface area contributed by atoms with E-state index < -0.39 is 23.5 Å². The van der Waals surface area contributed by atoms with Crippen molar-refractivity contribution in [2.45, 2.75) is 20.3 Å². The highest BCUT2D eigenvalue weighted by molar-refractivity contribution is 6.41. The van der Waals surface area contributed by atoms with Crippen molar-refractivity contribution >= 4 is 23.5 Å². The molecule has 0 spiro atoms. The van der Waals surface area contributed by atoms with Crippen molar-refractivity contribution in [1.29, 1.82) is 0 Å². The quantitative estimate of drug-likeness (QED) is 0.379. The SMILES string of the molecule is CCOC(=O)C(=O)c1ccc2c(c1)Cc1cc(C(=O)C(=O)OCC)ccc1-2. The molecule has 1 aliphatic rings. The molecule has 138 valence electrons. The zero-order valence-corrected chi connectivity index (χ0v) is 15.0. The molecule has 6 nitrogen and oxygen atoms in total. The summed E-state index contributed by atoms with van der Waals surface area (Å²) in [7, 11) is 0. The highest BCUT2D eigenvalue weighted by atomic mass is 16.5. The van der Waals surface area contributed by atoms with Gasteiger partial charge in [-0.25, -0.2) is 9.59 Å². The summed E-state index contributed by atoms with van der Waals surface area (Å²) in [5.74, 6) is -3.13. The fourth-order valence-electron chi connectivity index (χ4n) is 3.12. The number of carbonyl (C=O) groups is 4. The molecule has 2 aromatic carbocycles. The van der Waals surface area contributed by atoms with Crippen LogP contribution in [0.2, 0.25) is 0 Å². The van der Waals surface area contributed by atoms with Crippen LogP contribution in [-0.2, 0) is 25.5 Å². The Morgan fingerprint density at radius 1 is 0.741 bits per heavy atom. The lowest BCUT2D eigenvalue weighted by atomic mass is 10.0. The number of fused-ring (bicyclic) bond motifs is 3. The zero-order valence-electron chi connectivity index (χ0n) is 15.0. The third-order valence-corrected chi connectivity index (χ3v) is 4.33. The van der Waals surface area contributed by atoms with E-state index in [1.54, 1.807) is 50.2 Å². The summed E-state index contributed by atoms with van der Waals surface area (Å²) < 4.78 is 9.51. The van der Waals surface area contributed by atoms with Crippen LogP contribution in [0.5, 0.6) is 0 Å². The molecule has 1 aliphatic carbocycles. The van der Waals surface area contributed by atoms with Gasteiger partial charge < -0.3 is 9.47 Å². The fraction of sp³-hybridized carbons (Fsp3) is 0.238. The minimum absolute atomic E-state index is 0.137. The summed E-state index contributed by atoms with van der Waals surface area (Å²) in [6, 6.07) is 10.1. The molecule has 0 saturated carbocycles. The third kappa shape index (κ3) is 3.51. The van der Waals surface area contributed by atoms with Crippen molar-refractivity contribution in [1.82, 2.24) is 0 Å². The maximum absolute atomic E-state index is 12.1. The first-order valence-corrected chi connectivity index (χ1v) is 8.65. The standard InChI is InChI=1S/C21H18O6/c1-3-26-20(24)18(22)12-5-7-16-14(9-12)11-15-10-13(6-8-17(15)16)19(23)21(25)27-4-2/h5-10H,3-4,11H2,1-2H3. The number of hydrogen-bond acceptors (Lipinski definition) is 6. The average Bonchev–Trinajstić information content (AvgIpc) is 3.03. The van der Waals surface area contributed by atoms with Crippen LogP contribution in [0.15, 0.2) is 36.4 Å². The topological polar surface area (TPSA) is 86.7 Å². The summed E-state index contributed by atoms with van der Waals surface area (Å²) >= 11 is 0. The molecule has 0 radical (unpaired) electrons. The average molecular weight is 366 g/mol. The van der Waals surface area contributed by atoms with Crippen LogP contribution >= 0.6 is 0 Å². The Hall–Kier alpha value is -3.28. The summed E-state index contributed by atoms with van der Waals surface area (Å²) in [4.78, 5) is 47.5. The number of esters is 2. The lowest BCUT2D eigenvalue weighted by Gasteiger charge is -2.05.